The zero-order valence-electron chi connectivity index (χ0n) is 31.1. The Morgan fingerprint density at radius 1 is 0.333 bits per heavy atom. The lowest BCUT2D eigenvalue weighted by Gasteiger charge is -2.26. The lowest BCUT2D eigenvalue weighted by atomic mass is 10.00. The lowest BCUT2D eigenvalue weighted by Crippen LogP contribution is -2.10. The molecule has 2 aromatic heterocycles. The van der Waals surface area contributed by atoms with Gasteiger partial charge in [0.1, 0.15) is 11.2 Å². The number of para-hydroxylation sites is 3. The third kappa shape index (κ3) is 5.68. The average molecular weight is 729 g/mol. The normalized spacial score (nSPS) is 11.5. The summed E-state index contributed by atoms with van der Waals surface area (Å²) in [6.45, 7) is 0. The molecule has 0 aliphatic rings. The maximum Gasteiger partial charge on any atom is 0.143 e. The SMILES string of the molecule is c1ccc(-c2ccc(N(c3ccc(-c4ccc5oc6c(-c7ccccc7)cccc6c5c4)cc3)c3ccc4c5ccccc5n(-c5ccccc5)c4c3)cc2)cc1. The van der Waals surface area contributed by atoms with Gasteiger partial charge in [0, 0.05) is 49.9 Å². The molecule has 0 unspecified atom stereocenters. The Morgan fingerprint density at radius 3 is 1.60 bits per heavy atom. The van der Waals surface area contributed by atoms with Gasteiger partial charge in [0.25, 0.3) is 0 Å². The van der Waals surface area contributed by atoms with Crippen LogP contribution in [-0.4, -0.2) is 4.57 Å². The van der Waals surface area contributed by atoms with Gasteiger partial charge in [-0.05, 0) is 94.5 Å². The first-order valence-corrected chi connectivity index (χ1v) is 19.4. The first kappa shape index (κ1) is 32.8. The van der Waals surface area contributed by atoms with E-state index >= 15 is 0 Å². The fraction of sp³-hybridized carbons (Fsp3) is 0. The summed E-state index contributed by atoms with van der Waals surface area (Å²) in [5, 5.41) is 4.71. The molecule has 268 valence electrons. The zero-order chi connectivity index (χ0) is 37.7. The number of benzene rings is 9. The number of aromatic nitrogens is 1. The van der Waals surface area contributed by atoms with Gasteiger partial charge >= 0.3 is 0 Å². The summed E-state index contributed by atoms with van der Waals surface area (Å²) < 4.78 is 8.87. The van der Waals surface area contributed by atoms with Gasteiger partial charge in [-0.2, -0.15) is 0 Å². The molecule has 3 nitrogen and oxygen atoms in total. The minimum atomic E-state index is 0.891. The molecule has 3 heteroatoms. The van der Waals surface area contributed by atoms with Gasteiger partial charge in [0.05, 0.1) is 11.0 Å². The summed E-state index contributed by atoms with van der Waals surface area (Å²) in [6.07, 6.45) is 0. The fourth-order valence-electron chi connectivity index (χ4n) is 8.46. The number of hydrogen-bond acceptors (Lipinski definition) is 2. The van der Waals surface area contributed by atoms with Crippen molar-refractivity contribution in [1.82, 2.24) is 4.57 Å². The molecule has 0 fully saturated rings. The minimum Gasteiger partial charge on any atom is -0.455 e. The predicted molar refractivity (Wildman–Crippen MR) is 239 cm³/mol. The van der Waals surface area contributed by atoms with Gasteiger partial charge in [0.15, 0.2) is 0 Å². The molecule has 9 aromatic carbocycles. The molecule has 0 spiro atoms. The quantitative estimate of drug-likeness (QED) is 0.163. The maximum atomic E-state index is 6.49. The molecule has 0 radical (unpaired) electrons. The highest BCUT2D eigenvalue weighted by Gasteiger charge is 2.19. The van der Waals surface area contributed by atoms with Crippen molar-refractivity contribution in [3.05, 3.63) is 218 Å². The molecule has 2 heterocycles. The largest absolute Gasteiger partial charge is 0.455 e. The molecule has 0 saturated carbocycles. The molecule has 0 amide bonds. The van der Waals surface area contributed by atoms with E-state index < -0.39 is 0 Å². The van der Waals surface area contributed by atoms with E-state index in [1.807, 2.05) is 6.07 Å². The van der Waals surface area contributed by atoms with Crippen molar-refractivity contribution in [2.45, 2.75) is 0 Å². The fourth-order valence-corrected chi connectivity index (χ4v) is 8.46. The van der Waals surface area contributed by atoms with Crippen LogP contribution in [0.1, 0.15) is 0 Å². The number of fused-ring (bicyclic) bond motifs is 6. The van der Waals surface area contributed by atoms with Gasteiger partial charge < -0.3 is 13.9 Å². The van der Waals surface area contributed by atoms with Gasteiger partial charge in [0.2, 0.25) is 0 Å². The monoisotopic (exact) mass is 728 g/mol. The smallest absolute Gasteiger partial charge is 0.143 e. The average Bonchev–Trinajstić information content (AvgIpc) is 3.83. The molecular weight excluding hydrogens is 693 g/mol. The maximum absolute atomic E-state index is 6.49. The number of anilines is 3. The lowest BCUT2D eigenvalue weighted by molar-refractivity contribution is 0.670. The number of rotatable bonds is 7. The second kappa shape index (κ2) is 13.6. The van der Waals surface area contributed by atoms with Crippen molar-refractivity contribution in [2.75, 3.05) is 4.90 Å². The van der Waals surface area contributed by atoms with E-state index in [1.54, 1.807) is 0 Å². The number of nitrogens with zero attached hydrogens (tertiary/aromatic N) is 2. The van der Waals surface area contributed by atoms with Crippen LogP contribution in [0.5, 0.6) is 0 Å². The van der Waals surface area contributed by atoms with Crippen molar-refractivity contribution < 1.29 is 4.42 Å². The molecule has 11 aromatic rings. The van der Waals surface area contributed by atoms with Crippen molar-refractivity contribution in [2.24, 2.45) is 0 Å². The van der Waals surface area contributed by atoms with Crippen molar-refractivity contribution >= 4 is 60.8 Å². The summed E-state index contributed by atoms with van der Waals surface area (Å²) in [6, 6.07) is 78.1. The Morgan fingerprint density at radius 2 is 0.877 bits per heavy atom. The summed E-state index contributed by atoms with van der Waals surface area (Å²) in [4.78, 5) is 2.36. The Labute approximate surface area is 330 Å². The first-order valence-electron chi connectivity index (χ1n) is 19.4. The van der Waals surface area contributed by atoms with Crippen molar-refractivity contribution in [3.63, 3.8) is 0 Å². The highest BCUT2D eigenvalue weighted by atomic mass is 16.3. The van der Waals surface area contributed by atoms with E-state index in [0.717, 1.165) is 66.9 Å². The molecule has 0 N–H and O–H groups in total. The standard InChI is InChI=1S/C54H36N2O/c1-4-13-37(14-5-1)38-23-28-43(29-24-38)55(45-32-33-48-47-19-10-11-22-51(47)56(52(48)36-45)42-17-8-3-9-18-42)44-30-25-39(26-31-44)41-27-34-53-50(35-41)49-21-12-20-46(54(49)57-53)40-15-6-2-7-16-40/h1-36H. The van der Waals surface area contributed by atoms with Crippen LogP contribution in [0.4, 0.5) is 17.1 Å². The Kier molecular flexibility index (Phi) is 7.82. The van der Waals surface area contributed by atoms with Gasteiger partial charge in [-0.3, -0.25) is 0 Å². The molecule has 0 aliphatic carbocycles. The van der Waals surface area contributed by atoms with Crippen LogP contribution in [0.25, 0.3) is 82.8 Å². The van der Waals surface area contributed by atoms with Crippen LogP contribution < -0.4 is 4.90 Å². The second-order valence-corrected chi connectivity index (χ2v) is 14.5. The second-order valence-electron chi connectivity index (χ2n) is 14.5. The Hall–Kier alpha value is -7.62. The molecule has 57 heavy (non-hydrogen) atoms. The molecular formula is C54H36N2O. The summed E-state index contributed by atoms with van der Waals surface area (Å²) in [5.74, 6) is 0. The van der Waals surface area contributed by atoms with E-state index in [4.69, 9.17) is 4.42 Å². The predicted octanol–water partition coefficient (Wildman–Crippen LogP) is 15.2. The van der Waals surface area contributed by atoms with Crippen molar-refractivity contribution in [3.8, 4) is 39.1 Å². The molecule has 0 saturated heterocycles. The van der Waals surface area contributed by atoms with Crippen LogP contribution in [-0.2, 0) is 0 Å². The zero-order valence-corrected chi connectivity index (χ0v) is 31.1. The van der Waals surface area contributed by atoms with E-state index in [-0.39, 0.29) is 0 Å². The van der Waals surface area contributed by atoms with Crippen LogP contribution >= 0.6 is 0 Å². The van der Waals surface area contributed by atoms with E-state index in [2.05, 4.69) is 222 Å². The van der Waals surface area contributed by atoms with E-state index in [1.165, 1.54) is 32.9 Å². The highest BCUT2D eigenvalue weighted by Crippen LogP contribution is 2.42. The van der Waals surface area contributed by atoms with E-state index in [9.17, 15) is 0 Å². The Balaban J connectivity index is 1.03. The number of furan rings is 1. The van der Waals surface area contributed by atoms with Crippen LogP contribution in [0, 0.1) is 0 Å². The van der Waals surface area contributed by atoms with Gasteiger partial charge in [-0.1, -0.05) is 152 Å². The van der Waals surface area contributed by atoms with E-state index in [0.29, 0.717) is 0 Å². The van der Waals surface area contributed by atoms with Gasteiger partial charge in [-0.25, -0.2) is 0 Å². The number of hydrogen-bond donors (Lipinski definition) is 0. The third-order valence-electron chi connectivity index (χ3n) is 11.2. The van der Waals surface area contributed by atoms with Crippen LogP contribution in [0.2, 0.25) is 0 Å². The molecule has 0 bridgehead atoms. The summed E-state index contributed by atoms with van der Waals surface area (Å²) in [7, 11) is 0. The highest BCUT2D eigenvalue weighted by molar-refractivity contribution is 6.11. The Bertz CT molecular complexity index is 3200. The topological polar surface area (TPSA) is 21.3 Å². The first-order chi connectivity index (χ1) is 28.3. The molecule has 0 aliphatic heterocycles. The third-order valence-corrected chi connectivity index (χ3v) is 11.2. The molecule has 11 rings (SSSR count). The summed E-state index contributed by atoms with van der Waals surface area (Å²) >= 11 is 0. The van der Waals surface area contributed by atoms with Crippen molar-refractivity contribution in [1.29, 1.82) is 0 Å². The van der Waals surface area contributed by atoms with Crippen LogP contribution in [0.15, 0.2) is 223 Å². The van der Waals surface area contributed by atoms with Gasteiger partial charge in [-0.15, -0.1) is 0 Å². The molecule has 0 atom stereocenters. The summed E-state index contributed by atoms with van der Waals surface area (Å²) in [5.41, 5.74) is 15.5. The minimum absolute atomic E-state index is 0.891. The van der Waals surface area contributed by atoms with Crippen LogP contribution in [0.3, 0.4) is 0 Å².